The van der Waals surface area contributed by atoms with Crippen LogP contribution in [0.1, 0.15) is 11.1 Å². The van der Waals surface area contributed by atoms with Gasteiger partial charge in [-0.15, -0.1) is 0 Å². The lowest BCUT2D eigenvalue weighted by Gasteiger charge is -2.12. The minimum Gasteiger partial charge on any atom is -0.461 e. The lowest BCUT2D eigenvalue weighted by molar-refractivity contribution is -0.380. The van der Waals surface area contributed by atoms with Crippen LogP contribution < -0.4 is 20.8 Å². The summed E-state index contributed by atoms with van der Waals surface area (Å²) in [6, 6.07) is 6.65. The Bertz CT molecular complexity index is 941. The van der Waals surface area contributed by atoms with Gasteiger partial charge in [-0.1, -0.05) is 24.3 Å². The number of nitrogens with two attached hydrogens (primary N) is 1. The van der Waals surface area contributed by atoms with Gasteiger partial charge < -0.3 is 15.0 Å². The number of halogens is 3. The fraction of sp³-hybridized carbons (Fsp3) is 0.200. The summed E-state index contributed by atoms with van der Waals surface area (Å²) in [5.74, 6) is -1.60. The number of carbonyl (C=O) groups excluding carboxylic acids is 1. The predicted molar refractivity (Wildman–Crippen MR) is 83.5 cm³/mol. The number of anilines is 1. The minimum atomic E-state index is -4.93. The van der Waals surface area contributed by atoms with Gasteiger partial charge in [0.2, 0.25) is 0 Å². The Kier molecular flexibility index (Phi) is 4.61. The van der Waals surface area contributed by atoms with Gasteiger partial charge in [-0.3, -0.25) is 10.5 Å². The van der Waals surface area contributed by atoms with Crippen molar-refractivity contribution in [3.63, 3.8) is 0 Å². The van der Waals surface area contributed by atoms with Crippen molar-refractivity contribution in [3.05, 3.63) is 41.7 Å². The number of aromatic nitrogens is 4. The van der Waals surface area contributed by atoms with Crippen LogP contribution in [-0.2, 0) is 17.9 Å². The molecule has 0 unspecified atom stereocenters. The monoisotopic (exact) mass is 367 g/mol. The number of nitrogen functional groups attached to an aromatic ring is 1. The number of amides is 1. The van der Waals surface area contributed by atoms with E-state index in [4.69, 9.17) is 10.5 Å². The van der Waals surface area contributed by atoms with Gasteiger partial charge in [0.1, 0.15) is 6.61 Å². The average Bonchev–Trinajstić information content (AvgIpc) is 3.05. The summed E-state index contributed by atoms with van der Waals surface area (Å²) in [6.45, 7) is -0.244. The molecule has 3 rings (SSSR count). The Morgan fingerprint density at radius 1 is 1.31 bits per heavy atom. The quantitative estimate of drug-likeness (QED) is 0.624. The fourth-order valence-corrected chi connectivity index (χ4v) is 2.26. The number of nitrogens with zero attached hydrogens (tertiary/aromatic N) is 2. The summed E-state index contributed by atoms with van der Waals surface area (Å²) in [6.07, 6.45) is -3.50. The van der Waals surface area contributed by atoms with E-state index in [0.717, 1.165) is 0 Å². The van der Waals surface area contributed by atoms with Gasteiger partial charge in [0.25, 0.3) is 11.5 Å². The number of ether oxygens (including phenoxy) is 1. The molecule has 0 fully saturated rings. The largest absolute Gasteiger partial charge is 0.471 e. The summed E-state index contributed by atoms with van der Waals surface area (Å²) in [5, 5.41) is 1.84. The molecule has 0 saturated heterocycles. The van der Waals surface area contributed by atoms with Crippen LogP contribution in [0, 0.1) is 0 Å². The molecule has 26 heavy (non-hydrogen) atoms. The molecule has 1 aromatic carbocycles. The number of H-pyrrole nitrogens is 2. The van der Waals surface area contributed by atoms with E-state index in [1.54, 1.807) is 24.3 Å². The first kappa shape index (κ1) is 17.5. The summed E-state index contributed by atoms with van der Waals surface area (Å²) in [7, 11) is 0. The molecule has 0 atom stereocenters. The molecule has 3 aromatic rings. The van der Waals surface area contributed by atoms with Gasteiger partial charge in [0.15, 0.2) is 5.52 Å². The molecule has 0 spiro atoms. The number of benzene rings is 1. The smallest absolute Gasteiger partial charge is 0.461 e. The Morgan fingerprint density at radius 3 is 2.77 bits per heavy atom. The molecule has 5 N–H and O–H groups in total. The molecule has 2 heterocycles. The molecule has 0 aliphatic heterocycles. The van der Waals surface area contributed by atoms with Crippen molar-refractivity contribution < 1.29 is 27.7 Å². The number of rotatable bonds is 5. The number of fused-ring (bicyclic) bond motifs is 1. The fourth-order valence-electron chi connectivity index (χ4n) is 2.26. The second-order valence-corrected chi connectivity index (χ2v) is 5.29. The van der Waals surface area contributed by atoms with E-state index in [2.05, 4.69) is 19.9 Å². The van der Waals surface area contributed by atoms with Crippen molar-refractivity contribution in [2.24, 2.45) is 0 Å². The zero-order valence-corrected chi connectivity index (χ0v) is 13.2. The SMILES string of the molecule is Nc1nc2nc[nH]c2c(OCc2ccccc2CNC(=O)C(F)(F)F)[nH+]1. The highest BCUT2D eigenvalue weighted by Crippen LogP contribution is 2.19. The average molecular weight is 367 g/mol. The lowest BCUT2D eigenvalue weighted by atomic mass is 10.1. The molecule has 0 bridgehead atoms. The Hall–Kier alpha value is -3.37. The molecule has 1 amide bonds. The number of imidazole rings is 1. The number of alkyl halides is 3. The maximum atomic E-state index is 12.3. The standard InChI is InChI=1S/C15H13F3N6O2/c16-15(17,18)13(25)20-5-8-3-1-2-4-9(8)6-26-12-10-11(22-7-21-10)23-14(19)24-12/h1-4,7H,5-6H2,(H,20,25)(H3,19,21,22,23,24)/p+1. The molecule has 2 aromatic heterocycles. The highest BCUT2D eigenvalue weighted by molar-refractivity contribution is 5.81. The summed E-state index contributed by atoms with van der Waals surface area (Å²) < 4.78 is 42.6. The maximum Gasteiger partial charge on any atom is 0.471 e. The minimum absolute atomic E-state index is 0.0339. The van der Waals surface area contributed by atoms with Gasteiger partial charge >= 0.3 is 18.0 Å². The molecular weight excluding hydrogens is 353 g/mol. The van der Waals surface area contributed by atoms with Crippen LogP contribution in [0.2, 0.25) is 0 Å². The van der Waals surface area contributed by atoms with Gasteiger partial charge in [0.05, 0.1) is 6.33 Å². The topological polar surface area (TPSA) is 120 Å². The highest BCUT2D eigenvalue weighted by Gasteiger charge is 2.38. The summed E-state index contributed by atoms with van der Waals surface area (Å²) in [4.78, 5) is 24.6. The third kappa shape index (κ3) is 3.82. The zero-order valence-electron chi connectivity index (χ0n) is 13.2. The van der Waals surface area contributed by atoms with E-state index < -0.39 is 12.1 Å². The molecule has 136 valence electrons. The molecule has 0 saturated carbocycles. The number of carbonyl (C=O) groups is 1. The van der Waals surface area contributed by atoms with E-state index in [0.29, 0.717) is 28.2 Å². The molecular formula is C15H14F3N6O2+. The Morgan fingerprint density at radius 2 is 2.04 bits per heavy atom. The van der Waals surface area contributed by atoms with Crippen molar-refractivity contribution in [2.45, 2.75) is 19.3 Å². The van der Waals surface area contributed by atoms with E-state index in [9.17, 15) is 18.0 Å². The first-order valence-electron chi connectivity index (χ1n) is 7.41. The van der Waals surface area contributed by atoms with E-state index >= 15 is 0 Å². The number of aromatic amines is 2. The van der Waals surface area contributed by atoms with E-state index in [1.165, 1.54) is 6.33 Å². The van der Waals surface area contributed by atoms with Crippen molar-refractivity contribution >= 4 is 23.0 Å². The summed E-state index contributed by atoms with van der Waals surface area (Å²) >= 11 is 0. The van der Waals surface area contributed by atoms with E-state index in [1.807, 2.05) is 5.32 Å². The van der Waals surface area contributed by atoms with Gasteiger partial charge in [-0.05, 0) is 16.1 Å². The van der Waals surface area contributed by atoms with Gasteiger partial charge in [-0.2, -0.15) is 13.2 Å². The second kappa shape index (κ2) is 6.86. The third-order valence-electron chi connectivity index (χ3n) is 3.50. The van der Waals surface area contributed by atoms with Crippen LogP contribution in [0.5, 0.6) is 5.88 Å². The molecule has 11 heteroatoms. The van der Waals surface area contributed by atoms with Crippen molar-refractivity contribution in [3.8, 4) is 5.88 Å². The van der Waals surface area contributed by atoms with Crippen molar-refractivity contribution in [1.82, 2.24) is 20.3 Å². The Balaban J connectivity index is 1.74. The van der Waals surface area contributed by atoms with Crippen molar-refractivity contribution in [1.29, 1.82) is 0 Å². The number of nitrogens with one attached hydrogen (secondary N) is 3. The molecule has 0 radical (unpaired) electrons. The van der Waals surface area contributed by atoms with Crippen LogP contribution in [0.4, 0.5) is 19.1 Å². The highest BCUT2D eigenvalue weighted by atomic mass is 19.4. The first-order chi connectivity index (χ1) is 12.3. The van der Waals surface area contributed by atoms with Gasteiger partial charge in [0, 0.05) is 6.54 Å². The predicted octanol–water partition coefficient (Wildman–Crippen LogP) is 1.11. The van der Waals surface area contributed by atoms with Gasteiger partial charge in [-0.25, -0.2) is 9.97 Å². The lowest BCUT2D eigenvalue weighted by Crippen LogP contribution is -2.36. The zero-order chi connectivity index (χ0) is 18.7. The van der Waals surface area contributed by atoms with E-state index in [-0.39, 0.29) is 19.1 Å². The number of hydrogen-bond acceptors (Lipinski definition) is 5. The summed E-state index contributed by atoms with van der Waals surface area (Å²) in [5.41, 5.74) is 7.61. The normalized spacial score (nSPS) is 11.5. The third-order valence-corrected chi connectivity index (χ3v) is 3.50. The van der Waals surface area contributed by atoms with Crippen LogP contribution in [-0.4, -0.2) is 27.0 Å². The molecule has 8 nitrogen and oxygen atoms in total. The van der Waals surface area contributed by atoms with Crippen LogP contribution >= 0.6 is 0 Å². The van der Waals surface area contributed by atoms with Crippen LogP contribution in [0.3, 0.4) is 0 Å². The molecule has 0 aliphatic rings. The van der Waals surface area contributed by atoms with Crippen molar-refractivity contribution in [2.75, 3.05) is 5.73 Å². The maximum absolute atomic E-state index is 12.3. The van der Waals surface area contributed by atoms with Crippen LogP contribution in [0.25, 0.3) is 11.2 Å². The first-order valence-corrected chi connectivity index (χ1v) is 7.41. The second-order valence-electron chi connectivity index (χ2n) is 5.29. The number of hydrogen-bond donors (Lipinski definition) is 3. The molecule has 0 aliphatic carbocycles. The Labute approximate surface area is 144 Å². The van der Waals surface area contributed by atoms with Crippen LogP contribution in [0.15, 0.2) is 30.6 Å².